The number of hydrogen-bond acceptors (Lipinski definition) is 7. The number of aromatic nitrogens is 1. The van der Waals surface area contributed by atoms with Crippen molar-refractivity contribution in [3.8, 4) is 17.2 Å². The molecule has 2 fully saturated rings. The van der Waals surface area contributed by atoms with Crippen LogP contribution in [0.3, 0.4) is 0 Å². The zero-order valence-electron chi connectivity index (χ0n) is 20.6. The summed E-state index contributed by atoms with van der Waals surface area (Å²) >= 11 is 0. The van der Waals surface area contributed by atoms with E-state index in [0.717, 1.165) is 10.8 Å². The fourth-order valence-electron chi connectivity index (χ4n) is 5.77. The first-order chi connectivity index (χ1) is 18.4. The van der Waals surface area contributed by atoms with Gasteiger partial charge in [0, 0.05) is 38.4 Å². The highest BCUT2D eigenvalue weighted by atomic mass is 19.1. The maximum atomic E-state index is 16.1. The van der Waals surface area contributed by atoms with E-state index in [1.807, 2.05) is 41.3 Å². The molecule has 0 bridgehead atoms. The third-order valence-corrected chi connectivity index (χ3v) is 7.72. The molecule has 4 heterocycles. The number of hydrogen-bond donors (Lipinski definition) is 2. The summed E-state index contributed by atoms with van der Waals surface area (Å²) < 4.78 is 29.6. The lowest BCUT2D eigenvalue weighted by atomic mass is 10.0. The summed E-state index contributed by atoms with van der Waals surface area (Å²) in [5.74, 6) is -0.495. The second-order valence-electron chi connectivity index (χ2n) is 10.0. The predicted molar refractivity (Wildman–Crippen MR) is 143 cm³/mol. The molecule has 4 aromatic rings. The van der Waals surface area contributed by atoms with Crippen molar-refractivity contribution in [3.63, 3.8) is 0 Å². The average molecular weight is 516 g/mol. The topological polar surface area (TPSA) is 116 Å². The van der Waals surface area contributed by atoms with Gasteiger partial charge in [0.2, 0.25) is 5.43 Å². The molecule has 4 N–H and O–H groups in total. The van der Waals surface area contributed by atoms with E-state index in [2.05, 4.69) is 0 Å². The van der Waals surface area contributed by atoms with Crippen LogP contribution in [0.25, 0.3) is 27.4 Å². The van der Waals surface area contributed by atoms with Gasteiger partial charge in [-0.1, -0.05) is 24.3 Å². The van der Waals surface area contributed by atoms with Gasteiger partial charge in [-0.15, -0.1) is 0 Å². The van der Waals surface area contributed by atoms with Crippen molar-refractivity contribution >= 4 is 39.0 Å². The molecule has 10 heteroatoms. The van der Waals surface area contributed by atoms with Crippen LogP contribution in [0.1, 0.15) is 16.8 Å². The fourth-order valence-corrected chi connectivity index (χ4v) is 5.77. The second-order valence-corrected chi connectivity index (χ2v) is 10.0. The van der Waals surface area contributed by atoms with E-state index in [-0.39, 0.29) is 34.1 Å². The summed E-state index contributed by atoms with van der Waals surface area (Å²) in [6.07, 6.45) is 2.23. The van der Waals surface area contributed by atoms with Gasteiger partial charge in [-0.2, -0.15) is 0 Å². The SMILES string of the molecule is Nc1c(F)c(N2CCC(N)C2)c2c3c1c(=O)c(C(=O)N1CCOCC1)cn3-c1cc3ccccc3cc1O2. The number of amides is 1. The van der Waals surface area contributed by atoms with Gasteiger partial charge in [0.05, 0.1) is 30.0 Å². The predicted octanol–water partition coefficient (Wildman–Crippen LogP) is 2.98. The summed E-state index contributed by atoms with van der Waals surface area (Å²) in [6, 6.07) is 11.5. The minimum atomic E-state index is -0.745. The number of ether oxygens (including phenoxy) is 2. The van der Waals surface area contributed by atoms with Crippen LogP contribution in [0.2, 0.25) is 0 Å². The Balaban J connectivity index is 1.56. The summed E-state index contributed by atoms with van der Waals surface area (Å²) in [4.78, 5) is 30.7. The molecule has 3 aliphatic heterocycles. The Kier molecular flexibility index (Phi) is 5.11. The van der Waals surface area contributed by atoms with Gasteiger partial charge in [0.25, 0.3) is 5.91 Å². The molecule has 3 aliphatic rings. The molecule has 1 aromatic heterocycles. The lowest BCUT2D eigenvalue weighted by molar-refractivity contribution is 0.0302. The molecular weight excluding hydrogens is 489 g/mol. The Labute approximate surface area is 216 Å². The molecule has 194 valence electrons. The molecule has 9 nitrogen and oxygen atoms in total. The number of nitrogens with zero attached hydrogens (tertiary/aromatic N) is 3. The standard InChI is InChI=1S/C28H26FN5O4/c29-22-23(31)21-24-27(25(22)33-6-5-17(30)13-33)38-20-12-16-4-2-1-3-15(16)11-19(20)34(24)14-18(26(21)35)28(36)32-7-9-37-10-8-32/h1-4,11-12,14,17H,5-10,13,30-31H2. The van der Waals surface area contributed by atoms with Crippen LogP contribution in [0.5, 0.6) is 11.5 Å². The average Bonchev–Trinajstić information content (AvgIpc) is 3.36. The number of carbonyl (C=O) groups excluding carboxylic acids is 1. The van der Waals surface area contributed by atoms with Crippen LogP contribution in [0, 0.1) is 5.82 Å². The molecule has 2 saturated heterocycles. The van der Waals surface area contributed by atoms with Gasteiger partial charge in [-0.3, -0.25) is 9.59 Å². The molecule has 1 unspecified atom stereocenters. The second kappa shape index (κ2) is 8.44. The highest BCUT2D eigenvalue weighted by molar-refractivity contribution is 6.06. The fraction of sp³-hybridized carbons (Fsp3) is 0.286. The lowest BCUT2D eigenvalue weighted by Crippen LogP contribution is -2.42. The third-order valence-electron chi connectivity index (χ3n) is 7.72. The zero-order chi connectivity index (χ0) is 26.1. The number of halogens is 1. The van der Waals surface area contributed by atoms with E-state index in [4.69, 9.17) is 20.9 Å². The minimum Gasteiger partial charge on any atom is -0.451 e. The molecule has 0 spiro atoms. The Morgan fingerprint density at radius 2 is 1.82 bits per heavy atom. The van der Waals surface area contributed by atoms with Crippen LogP contribution in [0.4, 0.5) is 15.8 Å². The van der Waals surface area contributed by atoms with Gasteiger partial charge in [-0.05, 0) is 29.3 Å². The maximum Gasteiger partial charge on any atom is 0.259 e. The van der Waals surface area contributed by atoms with Crippen LogP contribution in [-0.4, -0.2) is 60.8 Å². The van der Waals surface area contributed by atoms with Crippen molar-refractivity contribution in [2.75, 3.05) is 50.0 Å². The Bertz CT molecular complexity index is 1710. The largest absolute Gasteiger partial charge is 0.451 e. The maximum absolute atomic E-state index is 16.1. The number of anilines is 2. The number of carbonyl (C=O) groups is 1. The number of nitrogens with two attached hydrogens (primary N) is 2. The summed E-state index contributed by atoms with van der Waals surface area (Å²) in [5, 5.41) is 1.83. The number of nitrogen functional groups attached to an aromatic ring is 1. The molecule has 0 radical (unpaired) electrons. The molecular formula is C28H26FN5O4. The van der Waals surface area contributed by atoms with Crippen molar-refractivity contribution in [3.05, 3.63) is 64.2 Å². The Hall–Kier alpha value is -4.15. The van der Waals surface area contributed by atoms with E-state index < -0.39 is 17.2 Å². The third kappa shape index (κ3) is 3.30. The van der Waals surface area contributed by atoms with Crippen molar-refractivity contribution in [2.45, 2.75) is 12.5 Å². The molecule has 0 saturated carbocycles. The number of pyridine rings is 1. The van der Waals surface area contributed by atoms with Crippen molar-refractivity contribution in [1.82, 2.24) is 9.47 Å². The van der Waals surface area contributed by atoms with Crippen molar-refractivity contribution in [1.29, 1.82) is 0 Å². The van der Waals surface area contributed by atoms with Gasteiger partial charge in [-0.25, -0.2) is 4.39 Å². The normalized spacial score (nSPS) is 18.6. The number of rotatable bonds is 2. The number of morpholine rings is 1. The number of benzene rings is 3. The van der Waals surface area contributed by atoms with Gasteiger partial charge < -0.3 is 35.3 Å². The van der Waals surface area contributed by atoms with Crippen molar-refractivity contribution < 1.29 is 18.7 Å². The molecule has 3 aromatic carbocycles. The van der Waals surface area contributed by atoms with Crippen LogP contribution < -0.4 is 26.5 Å². The van der Waals surface area contributed by atoms with E-state index >= 15 is 4.39 Å². The van der Waals surface area contributed by atoms with E-state index in [0.29, 0.717) is 62.8 Å². The van der Waals surface area contributed by atoms with E-state index in [1.54, 1.807) is 15.7 Å². The summed E-state index contributed by atoms with van der Waals surface area (Å²) in [5.41, 5.74) is 12.6. The monoisotopic (exact) mass is 515 g/mol. The van der Waals surface area contributed by atoms with Crippen LogP contribution >= 0.6 is 0 Å². The van der Waals surface area contributed by atoms with Crippen LogP contribution in [-0.2, 0) is 4.74 Å². The first-order valence-corrected chi connectivity index (χ1v) is 12.7. The first kappa shape index (κ1) is 23.0. The Morgan fingerprint density at radius 3 is 2.53 bits per heavy atom. The number of fused-ring (bicyclic) bond motifs is 3. The minimum absolute atomic E-state index is 0.0670. The molecule has 7 rings (SSSR count). The summed E-state index contributed by atoms with van der Waals surface area (Å²) in [7, 11) is 0. The summed E-state index contributed by atoms with van der Waals surface area (Å²) in [6.45, 7) is 2.47. The van der Waals surface area contributed by atoms with Gasteiger partial charge in [0.15, 0.2) is 17.3 Å². The van der Waals surface area contributed by atoms with E-state index in [9.17, 15) is 9.59 Å². The quantitative estimate of drug-likeness (QED) is 0.347. The van der Waals surface area contributed by atoms with Crippen molar-refractivity contribution in [2.24, 2.45) is 5.73 Å². The van der Waals surface area contributed by atoms with Crippen LogP contribution in [0.15, 0.2) is 47.4 Å². The zero-order valence-corrected chi connectivity index (χ0v) is 20.6. The van der Waals surface area contributed by atoms with Gasteiger partial charge >= 0.3 is 0 Å². The van der Waals surface area contributed by atoms with Gasteiger partial charge in [0.1, 0.15) is 16.8 Å². The first-order valence-electron chi connectivity index (χ1n) is 12.7. The lowest BCUT2D eigenvalue weighted by Gasteiger charge is -2.31. The highest BCUT2D eigenvalue weighted by Crippen LogP contribution is 2.50. The molecule has 0 aliphatic carbocycles. The molecule has 38 heavy (non-hydrogen) atoms. The molecule has 1 amide bonds. The Morgan fingerprint density at radius 1 is 1.08 bits per heavy atom. The van der Waals surface area contributed by atoms with E-state index in [1.165, 1.54) is 0 Å². The molecule has 1 atom stereocenters. The highest BCUT2D eigenvalue weighted by Gasteiger charge is 2.35. The smallest absolute Gasteiger partial charge is 0.259 e.